The van der Waals surface area contributed by atoms with Gasteiger partial charge >= 0.3 is 0 Å². The van der Waals surface area contributed by atoms with Crippen LogP contribution in [0.2, 0.25) is 0 Å². The summed E-state index contributed by atoms with van der Waals surface area (Å²) in [6, 6.07) is 4.82. The van der Waals surface area contributed by atoms with E-state index in [9.17, 15) is 4.79 Å². The molecule has 0 saturated carbocycles. The average molecular weight is 302 g/mol. The molecular formula is C17H26N4O. The van der Waals surface area contributed by atoms with Gasteiger partial charge in [0.2, 0.25) is 5.91 Å². The molecule has 3 rings (SSSR count). The van der Waals surface area contributed by atoms with E-state index in [2.05, 4.69) is 33.8 Å². The number of nitrogens with zero attached hydrogens (tertiary/aromatic N) is 4. The van der Waals surface area contributed by atoms with Crippen LogP contribution in [-0.4, -0.2) is 70.9 Å². The van der Waals surface area contributed by atoms with E-state index < -0.39 is 0 Å². The van der Waals surface area contributed by atoms with E-state index in [1.807, 2.05) is 17.3 Å². The molecule has 0 aromatic carbocycles. The number of amides is 1. The van der Waals surface area contributed by atoms with Crippen molar-refractivity contribution >= 4 is 5.91 Å². The van der Waals surface area contributed by atoms with Crippen molar-refractivity contribution in [1.82, 2.24) is 19.7 Å². The first kappa shape index (κ1) is 15.4. The molecule has 3 heterocycles. The molecule has 1 aromatic rings. The second-order valence-corrected chi connectivity index (χ2v) is 6.64. The zero-order valence-electron chi connectivity index (χ0n) is 13.6. The van der Waals surface area contributed by atoms with Gasteiger partial charge in [-0.3, -0.25) is 19.6 Å². The molecular weight excluding hydrogens is 276 g/mol. The first-order valence-corrected chi connectivity index (χ1v) is 8.24. The minimum absolute atomic E-state index is 0.207. The predicted molar refractivity (Wildman–Crippen MR) is 86.3 cm³/mol. The van der Waals surface area contributed by atoms with E-state index in [4.69, 9.17) is 0 Å². The van der Waals surface area contributed by atoms with Gasteiger partial charge in [-0.05, 0) is 23.6 Å². The molecule has 2 saturated heterocycles. The number of pyridine rings is 1. The van der Waals surface area contributed by atoms with Gasteiger partial charge in [0.05, 0.1) is 0 Å². The van der Waals surface area contributed by atoms with Crippen molar-refractivity contribution in [2.45, 2.75) is 26.4 Å². The SMILES string of the molecule is CC(=O)N1CCN([C@H]2CN(Cc3ccncc3)C[C@@H]2C)CC1. The maximum Gasteiger partial charge on any atom is 0.219 e. The lowest BCUT2D eigenvalue weighted by molar-refractivity contribution is -0.130. The Morgan fingerprint density at radius 2 is 1.86 bits per heavy atom. The Bertz CT molecular complexity index is 499. The third-order valence-corrected chi connectivity index (χ3v) is 5.03. The van der Waals surface area contributed by atoms with Crippen molar-refractivity contribution in [2.24, 2.45) is 5.92 Å². The average Bonchev–Trinajstić information content (AvgIpc) is 2.89. The monoisotopic (exact) mass is 302 g/mol. The van der Waals surface area contributed by atoms with E-state index in [-0.39, 0.29) is 5.91 Å². The molecule has 0 unspecified atom stereocenters. The van der Waals surface area contributed by atoms with Crippen molar-refractivity contribution < 1.29 is 4.79 Å². The zero-order chi connectivity index (χ0) is 15.5. The summed E-state index contributed by atoms with van der Waals surface area (Å²) in [4.78, 5) is 22.6. The van der Waals surface area contributed by atoms with Crippen LogP contribution in [0.5, 0.6) is 0 Å². The lowest BCUT2D eigenvalue weighted by Crippen LogP contribution is -2.53. The smallest absolute Gasteiger partial charge is 0.219 e. The molecule has 5 nitrogen and oxygen atoms in total. The Labute approximate surface area is 132 Å². The van der Waals surface area contributed by atoms with Gasteiger partial charge in [0.1, 0.15) is 0 Å². The molecule has 1 amide bonds. The molecule has 2 fully saturated rings. The number of rotatable bonds is 3. The first-order chi connectivity index (χ1) is 10.6. The van der Waals surface area contributed by atoms with Crippen molar-refractivity contribution in [3.63, 3.8) is 0 Å². The summed E-state index contributed by atoms with van der Waals surface area (Å²) in [5.41, 5.74) is 1.34. The maximum atomic E-state index is 11.4. The summed E-state index contributed by atoms with van der Waals surface area (Å²) in [6.07, 6.45) is 3.74. The molecule has 0 radical (unpaired) electrons. The highest BCUT2D eigenvalue weighted by atomic mass is 16.2. The first-order valence-electron chi connectivity index (χ1n) is 8.24. The molecule has 1 aromatic heterocycles. The van der Waals surface area contributed by atoms with Crippen LogP contribution < -0.4 is 0 Å². The van der Waals surface area contributed by atoms with Crippen LogP contribution in [0, 0.1) is 5.92 Å². The Hall–Kier alpha value is -1.46. The van der Waals surface area contributed by atoms with Crippen LogP contribution in [0.15, 0.2) is 24.5 Å². The Morgan fingerprint density at radius 3 is 2.50 bits per heavy atom. The molecule has 0 bridgehead atoms. The lowest BCUT2D eigenvalue weighted by Gasteiger charge is -2.39. The number of hydrogen-bond donors (Lipinski definition) is 0. The van der Waals surface area contributed by atoms with Crippen LogP contribution in [0.3, 0.4) is 0 Å². The summed E-state index contributed by atoms with van der Waals surface area (Å²) in [7, 11) is 0. The van der Waals surface area contributed by atoms with Gasteiger partial charge in [-0.25, -0.2) is 0 Å². The van der Waals surface area contributed by atoms with Gasteiger partial charge in [-0.2, -0.15) is 0 Å². The zero-order valence-corrected chi connectivity index (χ0v) is 13.6. The highest BCUT2D eigenvalue weighted by Crippen LogP contribution is 2.24. The number of hydrogen-bond acceptors (Lipinski definition) is 4. The molecule has 0 spiro atoms. The fourth-order valence-electron chi connectivity index (χ4n) is 3.77. The van der Waals surface area contributed by atoms with E-state index >= 15 is 0 Å². The summed E-state index contributed by atoms with van der Waals surface area (Å²) < 4.78 is 0. The van der Waals surface area contributed by atoms with Crippen LogP contribution >= 0.6 is 0 Å². The summed E-state index contributed by atoms with van der Waals surface area (Å²) in [5, 5.41) is 0. The molecule has 22 heavy (non-hydrogen) atoms. The van der Waals surface area contributed by atoms with E-state index in [1.165, 1.54) is 5.56 Å². The summed E-state index contributed by atoms with van der Waals surface area (Å²) in [5.74, 6) is 0.893. The number of carbonyl (C=O) groups excluding carboxylic acids is 1. The maximum absolute atomic E-state index is 11.4. The second kappa shape index (κ2) is 6.75. The Balaban J connectivity index is 1.54. The number of aromatic nitrogens is 1. The fraction of sp³-hybridized carbons (Fsp3) is 0.647. The van der Waals surface area contributed by atoms with Crippen LogP contribution in [0.25, 0.3) is 0 Å². The largest absolute Gasteiger partial charge is 0.340 e. The third-order valence-electron chi connectivity index (χ3n) is 5.03. The van der Waals surface area contributed by atoms with E-state index in [1.54, 1.807) is 6.92 Å². The summed E-state index contributed by atoms with van der Waals surface area (Å²) in [6.45, 7) is 11.1. The van der Waals surface area contributed by atoms with Gasteiger partial charge in [0, 0.05) is 71.2 Å². The van der Waals surface area contributed by atoms with Crippen molar-refractivity contribution in [2.75, 3.05) is 39.3 Å². The predicted octanol–water partition coefficient (Wildman–Crippen LogP) is 1.07. The topological polar surface area (TPSA) is 39.7 Å². The number of carbonyl (C=O) groups is 1. The molecule has 2 atom stereocenters. The highest BCUT2D eigenvalue weighted by molar-refractivity contribution is 5.73. The second-order valence-electron chi connectivity index (χ2n) is 6.64. The van der Waals surface area contributed by atoms with Gasteiger partial charge < -0.3 is 4.90 Å². The van der Waals surface area contributed by atoms with Crippen LogP contribution in [-0.2, 0) is 11.3 Å². The summed E-state index contributed by atoms with van der Waals surface area (Å²) >= 11 is 0. The molecule has 5 heteroatoms. The normalized spacial score (nSPS) is 27.3. The molecule has 2 aliphatic heterocycles. The highest BCUT2D eigenvalue weighted by Gasteiger charge is 2.35. The van der Waals surface area contributed by atoms with E-state index in [0.717, 1.165) is 45.8 Å². The van der Waals surface area contributed by atoms with Gasteiger partial charge in [0.25, 0.3) is 0 Å². The number of piperazine rings is 1. The molecule has 0 aliphatic carbocycles. The third kappa shape index (κ3) is 3.47. The van der Waals surface area contributed by atoms with Crippen molar-refractivity contribution in [3.05, 3.63) is 30.1 Å². The van der Waals surface area contributed by atoms with Crippen molar-refractivity contribution in [1.29, 1.82) is 0 Å². The quantitative estimate of drug-likeness (QED) is 0.837. The van der Waals surface area contributed by atoms with Crippen LogP contribution in [0.4, 0.5) is 0 Å². The van der Waals surface area contributed by atoms with Crippen LogP contribution in [0.1, 0.15) is 19.4 Å². The lowest BCUT2D eigenvalue weighted by atomic mass is 10.0. The minimum Gasteiger partial charge on any atom is -0.340 e. The molecule has 0 N–H and O–H groups in total. The van der Waals surface area contributed by atoms with Gasteiger partial charge in [-0.15, -0.1) is 0 Å². The van der Waals surface area contributed by atoms with Gasteiger partial charge in [0.15, 0.2) is 0 Å². The molecule has 120 valence electrons. The fourth-order valence-corrected chi connectivity index (χ4v) is 3.77. The minimum atomic E-state index is 0.207. The van der Waals surface area contributed by atoms with Crippen molar-refractivity contribution in [3.8, 4) is 0 Å². The Kier molecular flexibility index (Phi) is 4.74. The Morgan fingerprint density at radius 1 is 1.18 bits per heavy atom. The van der Waals surface area contributed by atoms with Gasteiger partial charge in [-0.1, -0.05) is 6.92 Å². The number of likely N-dealkylation sites (tertiary alicyclic amines) is 1. The standard InChI is InChI=1S/C17H26N4O/c1-14-11-19(12-16-3-5-18-6-4-16)13-17(14)21-9-7-20(8-10-21)15(2)22/h3-6,14,17H,7-13H2,1-2H3/t14-,17-/m0/s1. The molecule has 2 aliphatic rings. The van der Waals surface area contributed by atoms with E-state index in [0.29, 0.717) is 12.0 Å².